The van der Waals surface area contributed by atoms with Gasteiger partial charge in [0.15, 0.2) is 5.03 Å². The van der Waals surface area contributed by atoms with Crippen LogP contribution in [0.3, 0.4) is 0 Å². The maximum atomic E-state index is 13.0. The summed E-state index contributed by atoms with van der Waals surface area (Å²) in [7, 11) is 0. The molecule has 0 fully saturated rings. The van der Waals surface area contributed by atoms with Gasteiger partial charge in [-0.1, -0.05) is 42.1 Å². The van der Waals surface area contributed by atoms with Gasteiger partial charge in [0.2, 0.25) is 5.91 Å². The summed E-state index contributed by atoms with van der Waals surface area (Å²) in [5, 5.41) is 6.13. The summed E-state index contributed by atoms with van der Waals surface area (Å²) < 4.78 is 5.89. The Morgan fingerprint density at radius 2 is 1.42 bits per heavy atom. The number of aromatic nitrogens is 2. The molecule has 1 aromatic heterocycles. The normalized spacial score (nSPS) is 10.3. The van der Waals surface area contributed by atoms with Crippen LogP contribution in [0.5, 0.6) is 11.6 Å². The van der Waals surface area contributed by atoms with Crippen molar-refractivity contribution in [3.05, 3.63) is 96.8 Å². The standard InChI is InChI=1S/C25H20N4O3S/c1-17(30)28-18-11-13-19(14-12-18)29-23(31)21-9-5-6-10-22(21)33-25-24(26-15-16-27-25)32-20-7-3-2-4-8-20/h2-16H,1H3,(H,28,30)(H,29,31). The van der Waals surface area contributed by atoms with Crippen LogP contribution >= 0.6 is 11.8 Å². The Kier molecular flexibility index (Phi) is 6.96. The monoisotopic (exact) mass is 456 g/mol. The van der Waals surface area contributed by atoms with Crippen LogP contribution in [0, 0.1) is 0 Å². The van der Waals surface area contributed by atoms with E-state index in [4.69, 9.17) is 4.74 Å². The topological polar surface area (TPSA) is 93.2 Å². The lowest BCUT2D eigenvalue weighted by atomic mass is 10.2. The van der Waals surface area contributed by atoms with E-state index >= 15 is 0 Å². The summed E-state index contributed by atoms with van der Waals surface area (Å²) in [5.41, 5.74) is 1.76. The molecule has 3 aromatic carbocycles. The van der Waals surface area contributed by atoms with Gasteiger partial charge in [-0.2, -0.15) is 0 Å². The third kappa shape index (κ3) is 5.96. The zero-order valence-electron chi connectivity index (χ0n) is 17.7. The summed E-state index contributed by atoms with van der Waals surface area (Å²) in [4.78, 5) is 33.6. The van der Waals surface area contributed by atoms with Crippen LogP contribution < -0.4 is 15.4 Å². The first-order valence-corrected chi connectivity index (χ1v) is 10.9. The van der Waals surface area contributed by atoms with Crippen LogP contribution in [0.25, 0.3) is 0 Å². The predicted octanol–water partition coefficient (Wildman–Crippen LogP) is 5.63. The number of ether oxygens (including phenoxy) is 1. The SMILES string of the molecule is CC(=O)Nc1ccc(NC(=O)c2ccccc2Sc2nccnc2Oc2ccccc2)cc1. The number of carbonyl (C=O) groups excluding carboxylic acids is 2. The molecule has 1 heterocycles. The van der Waals surface area contributed by atoms with E-state index in [-0.39, 0.29) is 11.8 Å². The van der Waals surface area contributed by atoms with E-state index in [1.54, 1.807) is 48.8 Å². The number of carbonyl (C=O) groups is 2. The van der Waals surface area contributed by atoms with Crippen molar-refractivity contribution in [3.8, 4) is 11.6 Å². The van der Waals surface area contributed by atoms with E-state index in [9.17, 15) is 9.59 Å². The minimum atomic E-state index is -0.264. The van der Waals surface area contributed by atoms with Gasteiger partial charge in [-0.3, -0.25) is 9.59 Å². The van der Waals surface area contributed by atoms with E-state index in [0.717, 1.165) is 0 Å². The first-order valence-electron chi connectivity index (χ1n) is 10.1. The van der Waals surface area contributed by atoms with Crippen LogP contribution in [0.1, 0.15) is 17.3 Å². The average Bonchev–Trinajstić information content (AvgIpc) is 2.82. The molecule has 0 unspecified atom stereocenters. The summed E-state index contributed by atoms with van der Waals surface area (Å²) in [5.74, 6) is 0.586. The lowest BCUT2D eigenvalue weighted by molar-refractivity contribution is -0.114. The fraction of sp³-hybridized carbons (Fsp3) is 0.0400. The molecule has 0 spiro atoms. The molecular weight excluding hydrogens is 436 g/mol. The van der Waals surface area contributed by atoms with Crippen molar-refractivity contribution in [2.75, 3.05) is 10.6 Å². The molecule has 0 saturated heterocycles. The highest BCUT2D eigenvalue weighted by Gasteiger charge is 2.16. The number of hydrogen-bond donors (Lipinski definition) is 2. The zero-order valence-corrected chi connectivity index (χ0v) is 18.5. The van der Waals surface area contributed by atoms with Gasteiger partial charge in [0, 0.05) is 35.6 Å². The highest BCUT2D eigenvalue weighted by atomic mass is 32.2. The van der Waals surface area contributed by atoms with E-state index in [1.807, 2.05) is 42.5 Å². The number of amides is 2. The maximum Gasteiger partial charge on any atom is 0.256 e. The van der Waals surface area contributed by atoms with Crippen molar-refractivity contribution in [1.29, 1.82) is 0 Å². The van der Waals surface area contributed by atoms with Crippen LogP contribution in [0.4, 0.5) is 11.4 Å². The molecule has 4 aromatic rings. The summed E-state index contributed by atoms with van der Waals surface area (Å²) in [6, 6.07) is 23.5. The highest BCUT2D eigenvalue weighted by Crippen LogP contribution is 2.35. The Morgan fingerprint density at radius 1 is 0.788 bits per heavy atom. The molecule has 0 atom stereocenters. The summed E-state index contributed by atoms with van der Waals surface area (Å²) in [6.45, 7) is 1.44. The lowest BCUT2D eigenvalue weighted by Crippen LogP contribution is -2.13. The third-order valence-electron chi connectivity index (χ3n) is 4.39. The molecule has 0 aliphatic rings. The van der Waals surface area contributed by atoms with Crippen molar-refractivity contribution in [2.45, 2.75) is 16.8 Å². The summed E-state index contributed by atoms with van der Waals surface area (Å²) in [6.07, 6.45) is 3.14. The number of anilines is 2. The molecular formula is C25H20N4O3S. The number of benzene rings is 3. The maximum absolute atomic E-state index is 13.0. The van der Waals surface area contributed by atoms with Gasteiger partial charge in [0.1, 0.15) is 5.75 Å². The Bertz CT molecular complexity index is 1260. The molecule has 2 N–H and O–H groups in total. The predicted molar refractivity (Wildman–Crippen MR) is 128 cm³/mol. The van der Waals surface area contributed by atoms with Crippen LogP contribution in [0.15, 0.2) is 101 Å². The lowest BCUT2D eigenvalue weighted by Gasteiger charge is -2.12. The van der Waals surface area contributed by atoms with Gasteiger partial charge >= 0.3 is 0 Å². The van der Waals surface area contributed by atoms with Gasteiger partial charge < -0.3 is 15.4 Å². The second-order valence-corrected chi connectivity index (χ2v) is 7.92. The van der Waals surface area contributed by atoms with Gasteiger partial charge in [-0.05, 0) is 48.5 Å². The first kappa shape index (κ1) is 22.0. The van der Waals surface area contributed by atoms with E-state index in [2.05, 4.69) is 20.6 Å². The molecule has 164 valence electrons. The van der Waals surface area contributed by atoms with Crippen molar-refractivity contribution < 1.29 is 14.3 Å². The minimum absolute atomic E-state index is 0.155. The highest BCUT2D eigenvalue weighted by molar-refractivity contribution is 7.99. The van der Waals surface area contributed by atoms with Gasteiger partial charge in [0.25, 0.3) is 11.8 Å². The molecule has 0 radical (unpaired) electrons. The first-order chi connectivity index (χ1) is 16.1. The number of hydrogen-bond acceptors (Lipinski definition) is 6. The fourth-order valence-electron chi connectivity index (χ4n) is 2.94. The zero-order chi connectivity index (χ0) is 23.0. The van der Waals surface area contributed by atoms with Crippen molar-refractivity contribution in [2.24, 2.45) is 0 Å². The van der Waals surface area contributed by atoms with Crippen LogP contribution in [-0.2, 0) is 4.79 Å². The molecule has 33 heavy (non-hydrogen) atoms. The fourth-order valence-corrected chi connectivity index (χ4v) is 3.86. The number of nitrogens with zero attached hydrogens (tertiary/aromatic N) is 2. The van der Waals surface area contributed by atoms with E-state index in [0.29, 0.717) is 38.5 Å². The molecule has 4 rings (SSSR count). The molecule has 0 saturated carbocycles. The second kappa shape index (κ2) is 10.4. The molecule has 0 aliphatic carbocycles. The molecule has 8 heteroatoms. The average molecular weight is 457 g/mol. The van der Waals surface area contributed by atoms with Crippen molar-refractivity contribution >= 4 is 35.0 Å². The Balaban J connectivity index is 1.52. The number of para-hydroxylation sites is 1. The smallest absolute Gasteiger partial charge is 0.256 e. The Morgan fingerprint density at radius 3 is 2.15 bits per heavy atom. The Labute approximate surface area is 195 Å². The molecule has 0 aliphatic heterocycles. The summed E-state index contributed by atoms with van der Waals surface area (Å²) >= 11 is 1.30. The molecule has 0 bridgehead atoms. The van der Waals surface area contributed by atoms with E-state index in [1.165, 1.54) is 18.7 Å². The molecule has 2 amide bonds. The number of rotatable bonds is 7. The van der Waals surface area contributed by atoms with Crippen molar-refractivity contribution in [3.63, 3.8) is 0 Å². The second-order valence-electron chi connectivity index (χ2n) is 6.89. The van der Waals surface area contributed by atoms with Crippen molar-refractivity contribution in [1.82, 2.24) is 9.97 Å². The third-order valence-corrected chi connectivity index (χ3v) is 5.44. The van der Waals surface area contributed by atoms with Gasteiger partial charge in [-0.15, -0.1) is 0 Å². The minimum Gasteiger partial charge on any atom is -0.437 e. The number of nitrogens with one attached hydrogen (secondary N) is 2. The van der Waals surface area contributed by atoms with E-state index < -0.39 is 0 Å². The Hall–Kier alpha value is -4.17. The quantitative estimate of drug-likeness (QED) is 0.374. The van der Waals surface area contributed by atoms with Gasteiger partial charge in [-0.25, -0.2) is 9.97 Å². The largest absolute Gasteiger partial charge is 0.437 e. The molecule has 7 nitrogen and oxygen atoms in total. The van der Waals surface area contributed by atoms with Crippen LogP contribution in [-0.4, -0.2) is 21.8 Å². The van der Waals surface area contributed by atoms with Crippen LogP contribution in [0.2, 0.25) is 0 Å². The van der Waals surface area contributed by atoms with Gasteiger partial charge in [0.05, 0.1) is 5.56 Å².